The molecule has 140 valence electrons. The predicted molar refractivity (Wildman–Crippen MR) is 98.1 cm³/mol. The van der Waals surface area contributed by atoms with Crippen LogP contribution in [-0.4, -0.2) is 41.0 Å². The van der Waals surface area contributed by atoms with Crippen LogP contribution >= 0.6 is 11.6 Å². The molecule has 2 aromatic rings. The van der Waals surface area contributed by atoms with Crippen molar-refractivity contribution in [2.75, 3.05) is 13.2 Å². The number of Topliss-reactive ketones (excluding diaryl/α,β-unsaturated/α-hetero) is 1. The summed E-state index contributed by atoms with van der Waals surface area (Å²) in [5, 5.41) is 11.3. The van der Waals surface area contributed by atoms with E-state index in [1.54, 1.807) is 36.4 Å². The summed E-state index contributed by atoms with van der Waals surface area (Å²) in [4.78, 5) is 26.9. The molecule has 6 nitrogen and oxygen atoms in total. The first-order valence-corrected chi connectivity index (χ1v) is 9.13. The summed E-state index contributed by atoms with van der Waals surface area (Å²) >= 11 is 5.90. The van der Waals surface area contributed by atoms with Gasteiger partial charge in [0.1, 0.15) is 17.6 Å². The van der Waals surface area contributed by atoms with Gasteiger partial charge in [0.25, 0.3) is 11.7 Å². The number of rotatable bonds is 4. The van der Waals surface area contributed by atoms with Crippen molar-refractivity contribution in [1.29, 1.82) is 0 Å². The van der Waals surface area contributed by atoms with E-state index in [1.807, 2.05) is 0 Å². The topological polar surface area (TPSA) is 80.0 Å². The van der Waals surface area contributed by atoms with Crippen LogP contribution in [0.3, 0.4) is 0 Å². The number of carbonyl (C=O) groups excluding carboxylic acids is 2. The van der Waals surface area contributed by atoms with E-state index in [0.717, 1.165) is 12.8 Å². The standard InChI is InChI=1S/C20H18ClNO5/c21-13-7-5-12(6-8-13)18(23)16-17(15-4-2-10-27-15)22(20(25)19(16)24)11-14-3-1-9-26-14/h2,4-8,10,14,17,23H,1,3,9,11H2/t14-,17-/m1/s1. The summed E-state index contributed by atoms with van der Waals surface area (Å²) in [6.07, 6.45) is 3.09. The van der Waals surface area contributed by atoms with Crippen molar-refractivity contribution < 1.29 is 23.8 Å². The molecule has 0 bridgehead atoms. The Morgan fingerprint density at radius 3 is 2.63 bits per heavy atom. The first-order valence-electron chi connectivity index (χ1n) is 8.75. The fraction of sp³-hybridized carbons (Fsp3) is 0.300. The molecule has 2 atom stereocenters. The highest BCUT2D eigenvalue weighted by atomic mass is 35.5. The third-order valence-electron chi connectivity index (χ3n) is 4.89. The van der Waals surface area contributed by atoms with Gasteiger partial charge in [-0.3, -0.25) is 9.59 Å². The SMILES string of the molecule is O=C1C(=O)N(C[C@H]2CCCO2)[C@H](c2ccco2)C1=C(O)c1ccc(Cl)cc1. The maximum absolute atomic E-state index is 12.8. The van der Waals surface area contributed by atoms with Crippen LogP contribution in [0.2, 0.25) is 5.02 Å². The molecule has 0 aliphatic carbocycles. The second-order valence-corrected chi connectivity index (χ2v) is 7.05. The lowest BCUT2D eigenvalue weighted by atomic mass is 9.99. The molecule has 27 heavy (non-hydrogen) atoms. The number of halogens is 1. The maximum atomic E-state index is 12.8. The van der Waals surface area contributed by atoms with Crippen LogP contribution in [0, 0.1) is 0 Å². The molecule has 3 heterocycles. The number of benzene rings is 1. The Labute approximate surface area is 161 Å². The number of furan rings is 1. The lowest BCUT2D eigenvalue weighted by molar-refractivity contribution is -0.141. The van der Waals surface area contributed by atoms with E-state index in [9.17, 15) is 14.7 Å². The summed E-state index contributed by atoms with van der Waals surface area (Å²) in [5.74, 6) is -1.23. The molecule has 0 radical (unpaired) electrons. The molecule has 7 heteroatoms. The Morgan fingerprint density at radius 1 is 1.22 bits per heavy atom. The van der Waals surface area contributed by atoms with Gasteiger partial charge < -0.3 is 19.2 Å². The van der Waals surface area contributed by atoms with E-state index in [0.29, 0.717) is 23.0 Å². The summed E-state index contributed by atoms with van der Waals surface area (Å²) in [6.45, 7) is 0.915. The van der Waals surface area contributed by atoms with E-state index < -0.39 is 17.7 Å². The second-order valence-electron chi connectivity index (χ2n) is 6.61. The van der Waals surface area contributed by atoms with Gasteiger partial charge in [-0.1, -0.05) is 11.6 Å². The van der Waals surface area contributed by atoms with Crippen molar-refractivity contribution in [2.24, 2.45) is 0 Å². The lowest BCUT2D eigenvalue weighted by Crippen LogP contribution is -2.36. The van der Waals surface area contributed by atoms with Crippen molar-refractivity contribution in [1.82, 2.24) is 4.90 Å². The normalized spacial score (nSPS) is 24.7. The van der Waals surface area contributed by atoms with Gasteiger partial charge in [0.05, 0.1) is 17.9 Å². The molecule has 1 amide bonds. The minimum absolute atomic E-state index is 0.00951. The Kier molecular flexibility index (Phi) is 4.76. The predicted octanol–water partition coefficient (Wildman–Crippen LogP) is 3.53. The van der Waals surface area contributed by atoms with Gasteiger partial charge in [0.2, 0.25) is 0 Å². The molecule has 2 aliphatic rings. The van der Waals surface area contributed by atoms with E-state index in [2.05, 4.69) is 0 Å². The smallest absolute Gasteiger partial charge is 0.295 e. The zero-order valence-electron chi connectivity index (χ0n) is 14.4. The number of ether oxygens (including phenoxy) is 1. The molecular formula is C20H18ClNO5. The van der Waals surface area contributed by atoms with E-state index >= 15 is 0 Å². The van der Waals surface area contributed by atoms with Crippen molar-refractivity contribution in [2.45, 2.75) is 25.0 Å². The number of nitrogens with zero attached hydrogens (tertiary/aromatic N) is 1. The van der Waals surface area contributed by atoms with Crippen LogP contribution in [0.15, 0.2) is 52.7 Å². The molecule has 0 spiro atoms. The van der Waals surface area contributed by atoms with Crippen LogP contribution in [-0.2, 0) is 14.3 Å². The molecule has 2 aliphatic heterocycles. The minimum atomic E-state index is -0.792. The third-order valence-corrected chi connectivity index (χ3v) is 5.15. The monoisotopic (exact) mass is 387 g/mol. The average Bonchev–Trinajstić information content (AvgIpc) is 3.40. The number of hydrogen-bond acceptors (Lipinski definition) is 5. The highest BCUT2D eigenvalue weighted by molar-refractivity contribution is 6.46. The van der Waals surface area contributed by atoms with Gasteiger partial charge in [-0.25, -0.2) is 0 Å². The number of ketones is 1. The van der Waals surface area contributed by atoms with E-state index in [1.165, 1.54) is 11.2 Å². The van der Waals surface area contributed by atoms with Gasteiger partial charge in [0.15, 0.2) is 0 Å². The molecule has 0 saturated carbocycles. The van der Waals surface area contributed by atoms with Crippen molar-refractivity contribution >= 4 is 29.1 Å². The van der Waals surface area contributed by atoms with Crippen LogP contribution in [0.25, 0.3) is 5.76 Å². The summed E-state index contributed by atoms with van der Waals surface area (Å²) in [7, 11) is 0. The maximum Gasteiger partial charge on any atom is 0.295 e. The molecule has 4 rings (SSSR count). The highest BCUT2D eigenvalue weighted by Gasteiger charge is 2.48. The first kappa shape index (κ1) is 17.8. The largest absolute Gasteiger partial charge is 0.507 e. The second kappa shape index (κ2) is 7.21. The molecular weight excluding hydrogens is 370 g/mol. The molecule has 1 N–H and O–H groups in total. The average molecular weight is 388 g/mol. The van der Waals surface area contributed by atoms with Gasteiger partial charge in [-0.15, -0.1) is 0 Å². The highest BCUT2D eigenvalue weighted by Crippen LogP contribution is 2.40. The molecule has 1 aromatic carbocycles. The van der Waals surface area contributed by atoms with E-state index in [4.69, 9.17) is 20.8 Å². The van der Waals surface area contributed by atoms with Crippen molar-refractivity contribution in [3.63, 3.8) is 0 Å². The number of aliphatic hydroxyl groups excluding tert-OH is 1. The summed E-state index contributed by atoms with van der Waals surface area (Å²) in [6, 6.07) is 9.01. The van der Waals surface area contributed by atoms with Crippen molar-refractivity contribution in [3.8, 4) is 0 Å². The van der Waals surface area contributed by atoms with Crippen LogP contribution < -0.4 is 0 Å². The van der Waals surface area contributed by atoms with Gasteiger partial charge >= 0.3 is 0 Å². The first-order chi connectivity index (χ1) is 13.1. The number of hydrogen-bond donors (Lipinski definition) is 1. The summed E-state index contributed by atoms with van der Waals surface area (Å²) < 4.78 is 11.1. The Morgan fingerprint density at radius 2 is 2.00 bits per heavy atom. The van der Waals surface area contributed by atoms with Crippen LogP contribution in [0.5, 0.6) is 0 Å². The fourth-order valence-corrected chi connectivity index (χ4v) is 3.71. The number of likely N-dealkylation sites (tertiary alicyclic amines) is 1. The Balaban J connectivity index is 1.78. The lowest BCUT2D eigenvalue weighted by Gasteiger charge is -2.25. The van der Waals surface area contributed by atoms with E-state index in [-0.39, 0.29) is 24.0 Å². The Bertz CT molecular complexity index is 882. The van der Waals surface area contributed by atoms with Crippen molar-refractivity contribution in [3.05, 3.63) is 64.6 Å². The molecule has 1 aromatic heterocycles. The molecule has 0 unspecified atom stereocenters. The number of amides is 1. The van der Waals surface area contributed by atoms with Gasteiger partial charge in [0, 0.05) is 23.7 Å². The molecule has 2 saturated heterocycles. The van der Waals surface area contributed by atoms with Crippen LogP contribution in [0.1, 0.15) is 30.2 Å². The number of aliphatic hydroxyl groups is 1. The number of carbonyl (C=O) groups is 2. The zero-order chi connectivity index (χ0) is 19.0. The third kappa shape index (κ3) is 3.26. The summed E-state index contributed by atoms with van der Waals surface area (Å²) in [5.41, 5.74) is 0.418. The molecule has 2 fully saturated rings. The van der Waals surface area contributed by atoms with Gasteiger partial charge in [-0.2, -0.15) is 0 Å². The van der Waals surface area contributed by atoms with Gasteiger partial charge in [-0.05, 0) is 49.2 Å². The van der Waals surface area contributed by atoms with Crippen LogP contribution in [0.4, 0.5) is 0 Å². The zero-order valence-corrected chi connectivity index (χ0v) is 15.2. The Hall–Kier alpha value is -2.57. The minimum Gasteiger partial charge on any atom is -0.507 e. The fourth-order valence-electron chi connectivity index (χ4n) is 3.58. The quantitative estimate of drug-likeness (QED) is 0.493.